The lowest BCUT2D eigenvalue weighted by molar-refractivity contribution is 1.22. The molecule has 0 radical (unpaired) electrons. The smallest absolute Gasteiger partial charge is 0.158 e. The number of hydrogen-bond donors (Lipinski definition) is 1. The second kappa shape index (κ2) is 4.13. The summed E-state index contributed by atoms with van der Waals surface area (Å²) < 4.78 is 0.898. The second-order valence-electron chi connectivity index (χ2n) is 3.56. The van der Waals surface area contributed by atoms with Crippen LogP contribution in [0.4, 0.5) is 0 Å². The number of nitrogens with zero attached hydrogens (tertiary/aromatic N) is 2. The number of rotatable bonds is 1. The Labute approximate surface area is 111 Å². The van der Waals surface area contributed by atoms with Crippen LogP contribution in [0.2, 0.25) is 5.02 Å². The zero-order valence-corrected chi connectivity index (χ0v) is 11.0. The molecule has 0 fully saturated rings. The summed E-state index contributed by atoms with van der Waals surface area (Å²) in [6.45, 7) is 0. The van der Waals surface area contributed by atoms with E-state index in [1.54, 1.807) is 6.20 Å². The van der Waals surface area contributed by atoms with Crippen molar-refractivity contribution in [2.24, 2.45) is 0 Å². The topological polar surface area (TPSA) is 41.6 Å². The minimum atomic E-state index is 0.636. The molecule has 0 amide bonds. The largest absolute Gasteiger partial charge is 0.337 e. The summed E-state index contributed by atoms with van der Waals surface area (Å²) in [7, 11) is 0. The van der Waals surface area contributed by atoms with Crippen molar-refractivity contribution in [2.45, 2.75) is 0 Å². The first-order valence-corrected chi connectivity index (χ1v) is 6.18. The van der Waals surface area contributed by atoms with E-state index in [4.69, 9.17) is 11.6 Å². The van der Waals surface area contributed by atoms with E-state index in [0.717, 1.165) is 21.2 Å². The predicted molar refractivity (Wildman–Crippen MR) is 72.0 cm³/mol. The Hall–Kier alpha value is -1.39. The lowest BCUT2D eigenvalue weighted by atomic mass is 10.3. The maximum atomic E-state index is 6.08. The number of hydrogen-bond acceptors (Lipinski definition) is 2. The van der Waals surface area contributed by atoms with E-state index in [1.807, 2.05) is 30.3 Å². The summed E-state index contributed by atoms with van der Waals surface area (Å²) in [5.74, 6) is 0.709. The predicted octanol–water partition coefficient (Wildman–Crippen LogP) is 4.04. The Bertz CT molecular complexity index is 693. The van der Waals surface area contributed by atoms with Crippen molar-refractivity contribution >= 4 is 38.6 Å². The van der Waals surface area contributed by atoms with E-state index in [2.05, 4.69) is 30.9 Å². The minimum absolute atomic E-state index is 0.636. The zero-order valence-electron chi connectivity index (χ0n) is 8.61. The Morgan fingerprint density at radius 1 is 1.18 bits per heavy atom. The maximum absolute atomic E-state index is 6.08. The molecule has 0 saturated heterocycles. The molecule has 3 aromatic rings. The van der Waals surface area contributed by atoms with Crippen molar-refractivity contribution < 1.29 is 0 Å². The van der Waals surface area contributed by atoms with Gasteiger partial charge in [-0.25, -0.2) is 4.98 Å². The van der Waals surface area contributed by atoms with Gasteiger partial charge in [0.2, 0.25) is 0 Å². The van der Waals surface area contributed by atoms with Gasteiger partial charge in [0, 0.05) is 10.7 Å². The summed E-state index contributed by atoms with van der Waals surface area (Å²) in [6, 6.07) is 9.44. The van der Waals surface area contributed by atoms with Crippen molar-refractivity contribution in [1.82, 2.24) is 15.0 Å². The number of para-hydroxylation sites is 1. The number of aromatic amines is 1. The number of pyridine rings is 1. The Morgan fingerprint density at radius 3 is 2.82 bits per heavy atom. The van der Waals surface area contributed by atoms with Crippen LogP contribution in [0.5, 0.6) is 0 Å². The molecule has 0 aliphatic heterocycles. The number of benzene rings is 1. The molecule has 0 aliphatic carbocycles. The van der Waals surface area contributed by atoms with Gasteiger partial charge >= 0.3 is 0 Å². The van der Waals surface area contributed by atoms with Gasteiger partial charge in [-0.15, -0.1) is 0 Å². The quantitative estimate of drug-likeness (QED) is 0.737. The highest BCUT2D eigenvalue weighted by Gasteiger charge is 2.10. The van der Waals surface area contributed by atoms with Crippen molar-refractivity contribution in [2.75, 3.05) is 0 Å². The van der Waals surface area contributed by atoms with Gasteiger partial charge < -0.3 is 4.98 Å². The molecular weight excluding hydrogens is 302 g/mol. The zero-order chi connectivity index (χ0) is 11.8. The van der Waals surface area contributed by atoms with Gasteiger partial charge in [0.15, 0.2) is 5.82 Å². The summed E-state index contributed by atoms with van der Waals surface area (Å²) in [6.07, 6.45) is 1.73. The molecule has 3 nitrogen and oxygen atoms in total. The van der Waals surface area contributed by atoms with E-state index in [9.17, 15) is 0 Å². The summed E-state index contributed by atoms with van der Waals surface area (Å²) >= 11 is 9.54. The van der Waals surface area contributed by atoms with Gasteiger partial charge in [-0.05, 0) is 40.2 Å². The number of fused-ring (bicyclic) bond motifs is 1. The number of H-pyrrole nitrogens is 1. The standard InChI is InChI=1S/C12H7BrClN3/c13-7-3-2-6-15-10(7)12-16-9-5-1-4-8(14)11(9)17-12/h1-6H,(H,16,17). The van der Waals surface area contributed by atoms with Crippen LogP contribution in [0.15, 0.2) is 41.0 Å². The highest BCUT2D eigenvalue weighted by atomic mass is 79.9. The highest BCUT2D eigenvalue weighted by molar-refractivity contribution is 9.10. The fraction of sp³-hybridized carbons (Fsp3) is 0. The monoisotopic (exact) mass is 307 g/mol. The molecule has 5 heteroatoms. The van der Waals surface area contributed by atoms with Crippen LogP contribution in [0.25, 0.3) is 22.6 Å². The summed E-state index contributed by atoms with van der Waals surface area (Å²) in [5.41, 5.74) is 2.45. The van der Waals surface area contributed by atoms with Crippen LogP contribution in [0.1, 0.15) is 0 Å². The van der Waals surface area contributed by atoms with E-state index in [1.165, 1.54) is 0 Å². The number of nitrogens with one attached hydrogen (secondary N) is 1. The van der Waals surface area contributed by atoms with Crippen LogP contribution in [0.3, 0.4) is 0 Å². The molecule has 0 saturated carbocycles. The molecule has 3 rings (SSSR count). The van der Waals surface area contributed by atoms with Gasteiger partial charge in [0.25, 0.3) is 0 Å². The van der Waals surface area contributed by atoms with Gasteiger partial charge in [0.1, 0.15) is 11.2 Å². The Balaban J connectivity index is 2.26. The SMILES string of the molecule is Clc1cccc2[nH]c(-c3ncccc3Br)nc12. The van der Waals surface area contributed by atoms with Crippen LogP contribution in [-0.4, -0.2) is 15.0 Å². The van der Waals surface area contributed by atoms with E-state index < -0.39 is 0 Å². The van der Waals surface area contributed by atoms with Crippen LogP contribution >= 0.6 is 27.5 Å². The van der Waals surface area contributed by atoms with Crippen molar-refractivity contribution in [3.8, 4) is 11.5 Å². The normalized spacial score (nSPS) is 10.9. The molecule has 0 atom stereocenters. The van der Waals surface area contributed by atoms with Crippen LogP contribution in [0, 0.1) is 0 Å². The lowest BCUT2D eigenvalue weighted by Crippen LogP contribution is -1.86. The average Bonchev–Trinajstić information content (AvgIpc) is 2.75. The molecule has 0 spiro atoms. The molecule has 2 aromatic heterocycles. The van der Waals surface area contributed by atoms with Gasteiger partial charge in [0.05, 0.1) is 10.5 Å². The lowest BCUT2D eigenvalue weighted by Gasteiger charge is -1.97. The maximum Gasteiger partial charge on any atom is 0.158 e. The summed E-state index contributed by atoms with van der Waals surface area (Å²) in [5, 5.41) is 0.636. The molecule has 2 heterocycles. The number of halogens is 2. The number of aromatic nitrogens is 3. The third-order valence-electron chi connectivity index (χ3n) is 2.45. The molecule has 0 bridgehead atoms. The van der Waals surface area contributed by atoms with E-state index in [-0.39, 0.29) is 0 Å². The Kier molecular flexibility index (Phi) is 2.61. The fourth-order valence-electron chi connectivity index (χ4n) is 1.67. The highest BCUT2D eigenvalue weighted by Crippen LogP contribution is 2.28. The van der Waals surface area contributed by atoms with Gasteiger partial charge in [-0.1, -0.05) is 17.7 Å². The first-order valence-electron chi connectivity index (χ1n) is 5.01. The minimum Gasteiger partial charge on any atom is -0.337 e. The Morgan fingerprint density at radius 2 is 2.06 bits per heavy atom. The molecule has 0 aliphatic rings. The molecule has 84 valence electrons. The first kappa shape index (κ1) is 10.7. The second-order valence-corrected chi connectivity index (χ2v) is 4.82. The summed E-state index contributed by atoms with van der Waals surface area (Å²) in [4.78, 5) is 12.0. The van der Waals surface area contributed by atoms with Crippen molar-refractivity contribution in [3.63, 3.8) is 0 Å². The van der Waals surface area contributed by atoms with Crippen LogP contribution in [-0.2, 0) is 0 Å². The molecular formula is C12H7BrClN3. The van der Waals surface area contributed by atoms with Gasteiger partial charge in [-0.3, -0.25) is 4.98 Å². The molecule has 0 unspecified atom stereocenters. The van der Waals surface area contributed by atoms with Crippen molar-refractivity contribution in [1.29, 1.82) is 0 Å². The fourth-order valence-corrected chi connectivity index (χ4v) is 2.33. The average molecular weight is 309 g/mol. The number of imidazole rings is 1. The van der Waals surface area contributed by atoms with E-state index >= 15 is 0 Å². The molecule has 1 aromatic carbocycles. The third kappa shape index (κ3) is 1.83. The van der Waals surface area contributed by atoms with Gasteiger partial charge in [-0.2, -0.15) is 0 Å². The van der Waals surface area contributed by atoms with Crippen molar-refractivity contribution in [3.05, 3.63) is 46.0 Å². The molecule has 1 N–H and O–H groups in total. The van der Waals surface area contributed by atoms with Crippen LogP contribution < -0.4 is 0 Å². The first-order chi connectivity index (χ1) is 8.25. The molecule has 17 heavy (non-hydrogen) atoms. The van der Waals surface area contributed by atoms with E-state index in [0.29, 0.717) is 10.8 Å². The third-order valence-corrected chi connectivity index (χ3v) is 3.39.